The van der Waals surface area contributed by atoms with Gasteiger partial charge < -0.3 is 18.9 Å². The maximum absolute atomic E-state index is 13.6. The standard InChI is InChI=1S/C32H40N2O5/c1-36-30-8-6-24(20-28(30)22-33-10-14-38-15-11-33)18-26-4-3-5-27(32(26)35)19-25-7-9-31(37-2)29(21-25)23-34-12-16-39-17-13-34/h6-9,18-21H,3-5,10-17,22-23H2,1-2H3. The van der Waals surface area contributed by atoms with Crippen LogP contribution in [0.4, 0.5) is 0 Å². The number of nitrogens with zero attached hydrogens (tertiary/aromatic N) is 2. The van der Waals surface area contributed by atoms with E-state index in [-0.39, 0.29) is 5.78 Å². The van der Waals surface area contributed by atoms with E-state index in [2.05, 4.69) is 34.1 Å². The quantitative estimate of drug-likeness (QED) is 0.461. The molecule has 5 rings (SSSR count). The van der Waals surface area contributed by atoms with Crippen molar-refractivity contribution in [3.05, 3.63) is 69.8 Å². The summed E-state index contributed by atoms with van der Waals surface area (Å²) in [5, 5.41) is 0. The lowest BCUT2D eigenvalue weighted by Crippen LogP contribution is -2.35. The molecule has 7 nitrogen and oxygen atoms in total. The average molecular weight is 533 g/mol. The number of hydrogen-bond donors (Lipinski definition) is 0. The van der Waals surface area contributed by atoms with E-state index in [9.17, 15) is 4.79 Å². The second-order valence-corrected chi connectivity index (χ2v) is 10.4. The van der Waals surface area contributed by atoms with Crippen LogP contribution in [0.15, 0.2) is 47.5 Å². The molecule has 0 radical (unpaired) electrons. The minimum atomic E-state index is 0.150. The first kappa shape index (κ1) is 27.6. The Bertz CT molecular complexity index is 1120. The van der Waals surface area contributed by atoms with Crippen LogP contribution in [0.5, 0.6) is 11.5 Å². The molecule has 0 unspecified atom stereocenters. The largest absolute Gasteiger partial charge is 0.496 e. The summed E-state index contributed by atoms with van der Waals surface area (Å²) in [6.45, 7) is 8.34. The molecule has 7 heteroatoms. The van der Waals surface area contributed by atoms with Gasteiger partial charge in [0.25, 0.3) is 0 Å². The van der Waals surface area contributed by atoms with Gasteiger partial charge in [0.1, 0.15) is 11.5 Å². The van der Waals surface area contributed by atoms with E-state index in [0.29, 0.717) is 0 Å². The lowest BCUT2D eigenvalue weighted by atomic mass is 9.86. The summed E-state index contributed by atoms with van der Waals surface area (Å²) < 4.78 is 22.3. The Balaban J connectivity index is 1.34. The molecule has 0 amide bonds. The average Bonchev–Trinajstić information content (AvgIpc) is 2.97. The SMILES string of the molecule is COc1ccc(C=C2CCCC(=Cc3ccc(OC)c(CN4CCOCC4)c3)C2=O)cc1CN1CCOCC1. The summed E-state index contributed by atoms with van der Waals surface area (Å²) in [6.07, 6.45) is 6.69. The van der Waals surface area contributed by atoms with Gasteiger partial charge in [-0.15, -0.1) is 0 Å². The third kappa shape index (κ3) is 7.17. The molecule has 39 heavy (non-hydrogen) atoms. The van der Waals surface area contributed by atoms with Crippen molar-refractivity contribution in [3.8, 4) is 11.5 Å². The van der Waals surface area contributed by atoms with Gasteiger partial charge in [-0.1, -0.05) is 12.1 Å². The number of ketones is 1. The van der Waals surface area contributed by atoms with Crippen molar-refractivity contribution in [2.24, 2.45) is 0 Å². The zero-order chi connectivity index (χ0) is 27.0. The van der Waals surface area contributed by atoms with Crippen molar-refractivity contribution >= 4 is 17.9 Å². The number of morpholine rings is 2. The molecule has 2 aliphatic heterocycles. The molecule has 208 valence electrons. The molecule has 0 N–H and O–H groups in total. The van der Waals surface area contributed by atoms with Gasteiger partial charge in [-0.05, 0) is 66.8 Å². The highest BCUT2D eigenvalue weighted by atomic mass is 16.5. The third-order valence-corrected chi connectivity index (χ3v) is 7.76. The Kier molecular flexibility index (Phi) is 9.48. The van der Waals surface area contributed by atoms with E-state index in [1.807, 2.05) is 24.3 Å². The number of carbonyl (C=O) groups excluding carboxylic acids is 1. The van der Waals surface area contributed by atoms with Gasteiger partial charge in [-0.3, -0.25) is 14.6 Å². The molecule has 0 bridgehead atoms. The third-order valence-electron chi connectivity index (χ3n) is 7.76. The van der Waals surface area contributed by atoms with E-state index in [1.165, 1.54) is 0 Å². The molecule has 0 atom stereocenters. The Hall–Kier alpha value is -2.97. The molecular weight excluding hydrogens is 492 g/mol. The summed E-state index contributed by atoms with van der Waals surface area (Å²) >= 11 is 0. The van der Waals surface area contributed by atoms with Crippen LogP contribution in [0.25, 0.3) is 12.2 Å². The van der Waals surface area contributed by atoms with Gasteiger partial charge in [0.15, 0.2) is 5.78 Å². The highest BCUT2D eigenvalue weighted by molar-refractivity contribution is 6.14. The van der Waals surface area contributed by atoms with Gasteiger partial charge in [-0.2, -0.15) is 0 Å². The van der Waals surface area contributed by atoms with Crippen molar-refractivity contribution in [2.45, 2.75) is 32.4 Å². The van der Waals surface area contributed by atoms with Crippen LogP contribution >= 0.6 is 0 Å². The maximum Gasteiger partial charge on any atom is 0.185 e. The number of benzene rings is 2. The molecule has 3 aliphatic rings. The minimum absolute atomic E-state index is 0.150. The number of ether oxygens (including phenoxy) is 4. The van der Waals surface area contributed by atoms with Crippen LogP contribution in [0.2, 0.25) is 0 Å². The van der Waals surface area contributed by atoms with Crippen LogP contribution in [0.3, 0.4) is 0 Å². The zero-order valence-electron chi connectivity index (χ0n) is 23.2. The summed E-state index contributed by atoms with van der Waals surface area (Å²) in [7, 11) is 3.42. The minimum Gasteiger partial charge on any atom is -0.496 e. The van der Waals surface area contributed by atoms with Gasteiger partial charge in [0.2, 0.25) is 0 Å². The highest BCUT2D eigenvalue weighted by Gasteiger charge is 2.22. The van der Waals surface area contributed by atoms with Crippen molar-refractivity contribution in [1.29, 1.82) is 0 Å². The van der Waals surface area contributed by atoms with Crippen molar-refractivity contribution in [1.82, 2.24) is 9.80 Å². The van der Waals surface area contributed by atoms with Crippen molar-refractivity contribution < 1.29 is 23.7 Å². The normalized spacial score (nSPS) is 21.4. The molecule has 2 aromatic rings. The first-order chi connectivity index (χ1) is 19.1. The van der Waals surface area contributed by atoms with Gasteiger partial charge in [-0.25, -0.2) is 0 Å². The van der Waals surface area contributed by atoms with E-state index in [4.69, 9.17) is 18.9 Å². The first-order valence-corrected chi connectivity index (χ1v) is 14.0. The molecule has 3 fully saturated rings. The fourth-order valence-electron chi connectivity index (χ4n) is 5.60. The summed E-state index contributed by atoms with van der Waals surface area (Å²) in [4.78, 5) is 18.3. The molecule has 0 spiro atoms. The topological polar surface area (TPSA) is 60.5 Å². The Labute approximate surface area is 232 Å². The molecule has 0 aromatic heterocycles. The molecule has 2 aromatic carbocycles. The first-order valence-electron chi connectivity index (χ1n) is 14.0. The van der Waals surface area contributed by atoms with Crippen LogP contribution in [-0.2, 0) is 27.4 Å². The Morgan fingerprint density at radius 2 is 1.15 bits per heavy atom. The van der Waals surface area contributed by atoms with Gasteiger partial charge >= 0.3 is 0 Å². The van der Waals surface area contributed by atoms with Crippen molar-refractivity contribution in [2.75, 3.05) is 66.8 Å². The van der Waals surface area contributed by atoms with E-state index >= 15 is 0 Å². The highest BCUT2D eigenvalue weighted by Crippen LogP contribution is 2.31. The van der Waals surface area contributed by atoms with Crippen LogP contribution < -0.4 is 9.47 Å². The van der Waals surface area contributed by atoms with E-state index in [0.717, 1.165) is 130 Å². The second-order valence-electron chi connectivity index (χ2n) is 10.4. The number of Topliss-reactive ketones (excluding diaryl/α,β-unsaturated/α-hetero) is 1. The monoisotopic (exact) mass is 532 g/mol. The summed E-state index contributed by atoms with van der Waals surface area (Å²) in [6, 6.07) is 12.4. The number of hydrogen-bond acceptors (Lipinski definition) is 7. The molecule has 1 aliphatic carbocycles. The van der Waals surface area contributed by atoms with Gasteiger partial charge in [0.05, 0.1) is 40.6 Å². The Morgan fingerprint density at radius 1 is 0.718 bits per heavy atom. The van der Waals surface area contributed by atoms with Crippen LogP contribution in [-0.4, -0.2) is 82.4 Å². The van der Waals surface area contributed by atoms with Gasteiger partial charge in [0, 0.05) is 61.5 Å². The number of rotatable bonds is 8. The van der Waals surface area contributed by atoms with Crippen LogP contribution in [0, 0.1) is 0 Å². The Morgan fingerprint density at radius 3 is 1.56 bits per heavy atom. The predicted molar refractivity (Wildman–Crippen MR) is 153 cm³/mol. The zero-order valence-corrected chi connectivity index (χ0v) is 23.2. The van der Waals surface area contributed by atoms with E-state index in [1.54, 1.807) is 14.2 Å². The number of carbonyl (C=O) groups is 1. The van der Waals surface area contributed by atoms with Crippen molar-refractivity contribution in [3.63, 3.8) is 0 Å². The van der Waals surface area contributed by atoms with E-state index < -0.39 is 0 Å². The lowest BCUT2D eigenvalue weighted by molar-refractivity contribution is -0.112. The smallest absolute Gasteiger partial charge is 0.185 e. The summed E-state index contributed by atoms with van der Waals surface area (Å²) in [5.74, 6) is 1.91. The summed E-state index contributed by atoms with van der Waals surface area (Å²) in [5.41, 5.74) is 6.11. The fourth-order valence-corrected chi connectivity index (χ4v) is 5.60. The van der Waals surface area contributed by atoms with Crippen LogP contribution in [0.1, 0.15) is 41.5 Å². The fraction of sp³-hybridized carbons (Fsp3) is 0.469. The molecule has 2 saturated heterocycles. The molecule has 2 heterocycles. The maximum atomic E-state index is 13.6. The number of methoxy groups -OCH3 is 2. The number of allylic oxidation sites excluding steroid dienone is 2. The lowest BCUT2D eigenvalue weighted by Gasteiger charge is -2.27. The predicted octanol–water partition coefficient (Wildman–Crippen LogP) is 4.59. The molecular formula is C32H40N2O5. The second kappa shape index (κ2) is 13.4. The molecule has 1 saturated carbocycles.